The fourth-order valence-corrected chi connectivity index (χ4v) is 4.22. The Kier molecular flexibility index (Phi) is 6.07. The Bertz CT molecular complexity index is 548. The summed E-state index contributed by atoms with van der Waals surface area (Å²) in [6.07, 6.45) is 0.00343. The minimum absolute atomic E-state index is 0.00343. The van der Waals surface area contributed by atoms with E-state index < -0.39 is 5.97 Å². The first-order valence-electron chi connectivity index (χ1n) is 7.00. The maximum atomic E-state index is 12.4. The van der Waals surface area contributed by atoms with Gasteiger partial charge in [0.15, 0.2) is 5.16 Å². The van der Waals surface area contributed by atoms with Crippen LogP contribution in [0.25, 0.3) is 0 Å². The van der Waals surface area contributed by atoms with Crippen LogP contribution in [0.5, 0.6) is 0 Å². The van der Waals surface area contributed by atoms with Gasteiger partial charge in [0.1, 0.15) is 0 Å². The molecule has 0 aromatic carbocycles. The minimum atomic E-state index is -0.865. The molecule has 2 rings (SSSR count). The number of carboxylic acids is 1. The zero-order chi connectivity index (χ0) is 16.1. The van der Waals surface area contributed by atoms with Crippen LogP contribution in [0.2, 0.25) is 0 Å². The Hall–Kier alpha value is -1.28. The minimum Gasteiger partial charge on any atom is -0.481 e. The summed E-state index contributed by atoms with van der Waals surface area (Å²) in [5.41, 5.74) is 1.75. The Morgan fingerprint density at radius 2 is 2.09 bits per heavy atom. The van der Waals surface area contributed by atoms with Gasteiger partial charge in [-0.3, -0.25) is 9.59 Å². The number of aromatic nitrogens is 2. The highest BCUT2D eigenvalue weighted by Gasteiger charge is 2.28. The highest BCUT2D eigenvalue weighted by molar-refractivity contribution is 7.99. The van der Waals surface area contributed by atoms with Gasteiger partial charge in [0, 0.05) is 29.4 Å². The van der Waals surface area contributed by atoms with Gasteiger partial charge in [0.05, 0.1) is 18.2 Å². The van der Waals surface area contributed by atoms with Crippen LogP contribution in [-0.2, 0) is 9.59 Å². The Balaban J connectivity index is 1.96. The average Bonchev–Trinajstić information content (AvgIpc) is 2.44. The zero-order valence-corrected chi connectivity index (χ0v) is 14.2. The highest BCUT2D eigenvalue weighted by atomic mass is 32.2. The smallest absolute Gasteiger partial charge is 0.305 e. The van der Waals surface area contributed by atoms with E-state index >= 15 is 0 Å². The van der Waals surface area contributed by atoms with Crippen molar-refractivity contribution in [2.45, 2.75) is 31.5 Å². The number of aryl methyl sites for hydroxylation is 2. The molecule has 0 radical (unpaired) electrons. The van der Waals surface area contributed by atoms with E-state index in [1.165, 1.54) is 11.8 Å². The van der Waals surface area contributed by atoms with Crippen molar-refractivity contribution in [1.29, 1.82) is 0 Å². The van der Waals surface area contributed by atoms with Crippen LogP contribution >= 0.6 is 23.5 Å². The standard InChI is InChI=1S/C14H19N3O3S2/c1-9-5-10(2)16-14(15-9)22-8-12(18)17-3-4-21-7-11(17)6-13(19)20/h5,11H,3-4,6-8H2,1-2H3,(H,19,20). The van der Waals surface area contributed by atoms with Gasteiger partial charge in [-0.15, -0.1) is 0 Å². The van der Waals surface area contributed by atoms with Crippen molar-refractivity contribution in [2.75, 3.05) is 23.8 Å². The van der Waals surface area contributed by atoms with Crippen molar-refractivity contribution < 1.29 is 14.7 Å². The lowest BCUT2D eigenvalue weighted by Crippen LogP contribution is -2.47. The van der Waals surface area contributed by atoms with Crippen LogP contribution in [-0.4, -0.2) is 61.7 Å². The van der Waals surface area contributed by atoms with Crippen LogP contribution in [0.15, 0.2) is 11.2 Å². The summed E-state index contributed by atoms with van der Waals surface area (Å²) in [6.45, 7) is 4.40. The Labute approximate surface area is 138 Å². The molecule has 1 atom stereocenters. The number of carbonyl (C=O) groups is 2. The quantitative estimate of drug-likeness (QED) is 0.643. The normalized spacial score (nSPS) is 18.3. The molecule has 1 unspecified atom stereocenters. The predicted molar refractivity (Wildman–Crippen MR) is 87.3 cm³/mol. The summed E-state index contributed by atoms with van der Waals surface area (Å²) in [5, 5.41) is 9.55. The van der Waals surface area contributed by atoms with Gasteiger partial charge < -0.3 is 10.0 Å². The molecular weight excluding hydrogens is 322 g/mol. The van der Waals surface area contributed by atoms with E-state index in [-0.39, 0.29) is 24.1 Å². The first kappa shape index (κ1) is 17.1. The number of nitrogens with zero attached hydrogens (tertiary/aromatic N) is 3. The van der Waals surface area contributed by atoms with E-state index in [9.17, 15) is 9.59 Å². The van der Waals surface area contributed by atoms with Gasteiger partial charge in [-0.1, -0.05) is 11.8 Å². The molecule has 8 heteroatoms. The van der Waals surface area contributed by atoms with E-state index in [2.05, 4.69) is 9.97 Å². The molecular formula is C14H19N3O3S2. The third-order valence-electron chi connectivity index (χ3n) is 3.24. The van der Waals surface area contributed by atoms with Crippen molar-refractivity contribution in [3.05, 3.63) is 17.5 Å². The van der Waals surface area contributed by atoms with Crippen molar-refractivity contribution in [1.82, 2.24) is 14.9 Å². The number of rotatable bonds is 5. The van der Waals surface area contributed by atoms with Crippen molar-refractivity contribution in [3.8, 4) is 0 Å². The second-order valence-electron chi connectivity index (χ2n) is 5.14. The summed E-state index contributed by atoms with van der Waals surface area (Å²) in [5.74, 6) is 0.869. The summed E-state index contributed by atoms with van der Waals surface area (Å²) in [7, 11) is 0. The van der Waals surface area contributed by atoms with E-state index in [1.54, 1.807) is 16.7 Å². The molecule has 0 saturated carbocycles. The van der Waals surface area contributed by atoms with E-state index in [0.717, 1.165) is 17.1 Å². The monoisotopic (exact) mass is 341 g/mol. The van der Waals surface area contributed by atoms with Crippen LogP contribution in [0.1, 0.15) is 17.8 Å². The van der Waals surface area contributed by atoms with E-state index in [4.69, 9.17) is 5.11 Å². The molecule has 6 nitrogen and oxygen atoms in total. The van der Waals surface area contributed by atoms with E-state index in [0.29, 0.717) is 17.5 Å². The van der Waals surface area contributed by atoms with Crippen LogP contribution in [0, 0.1) is 13.8 Å². The van der Waals surface area contributed by atoms with Crippen molar-refractivity contribution in [2.24, 2.45) is 0 Å². The molecule has 1 N–H and O–H groups in total. The number of hydrogen-bond acceptors (Lipinski definition) is 6. The number of carboxylic acid groups (broad SMARTS) is 1. The number of amides is 1. The molecule has 0 spiro atoms. The molecule has 1 aliphatic rings. The number of aliphatic carboxylic acids is 1. The molecule has 22 heavy (non-hydrogen) atoms. The number of hydrogen-bond donors (Lipinski definition) is 1. The van der Waals surface area contributed by atoms with Crippen molar-refractivity contribution in [3.63, 3.8) is 0 Å². The average molecular weight is 341 g/mol. The number of carbonyl (C=O) groups excluding carboxylic acids is 1. The second-order valence-corrected chi connectivity index (χ2v) is 7.23. The highest BCUT2D eigenvalue weighted by Crippen LogP contribution is 2.21. The van der Waals surface area contributed by atoms with E-state index in [1.807, 2.05) is 19.9 Å². The predicted octanol–water partition coefficient (Wildman–Crippen LogP) is 1.60. The summed E-state index contributed by atoms with van der Waals surface area (Å²) in [4.78, 5) is 33.6. The molecule has 1 aromatic rings. The SMILES string of the molecule is Cc1cc(C)nc(SCC(=O)N2CCSCC2CC(=O)O)n1. The molecule has 0 bridgehead atoms. The van der Waals surface area contributed by atoms with Gasteiger partial charge in [-0.25, -0.2) is 9.97 Å². The first-order chi connectivity index (χ1) is 10.5. The number of thioether (sulfide) groups is 2. The lowest BCUT2D eigenvalue weighted by molar-refractivity contribution is -0.139. The molecule has 1 amide bonds. The molecule has 1 aromatic heterocycles. The molecule has 0 aliphatic carbocycles. The van der Waals surface area contributed by atoms with Gasteiger partial charge in [-0.2, -0.15) is 11.8 Å². The Morgan fingerprint density at radius 1 is 1.41 bits per heavy atom. The lowest BCUT2D eigenvalue weighted by Gasteiger charge is -2.34. The molecule has 2 heterocycles. The second kappa shape index (κ2) is 7.82. The van der Waals surface area contributed by atoms with Crippen LogP contribution in [0.4, 0.5) is 0 Å². The molecule has 1 fully saturated rings. The zero-order valence-electron chi connectivity index (χ0n) is 12.6. The summed E-state index contributed by atoms with van der Waals surface area (Å²) < 4.78 is 0. The topological polar surface area (TPSA) is 83.4 Å². The third kappa shape index (κ3) is 4.88. The maximum Gasteiger partial charge on any atom is 0.305 e. The van der Waals surface area contributed by atoms with Crippen LogP contribution in [0.3, 0.4) is 0 Å². The van der Waals surface area contributed by atoms with Gasteiger partial charge in [0.25, 0.3) is 0 Å². The Morgan fingerprint density at radius 3 is 2.73 bits per heavy atom. The largest absolute Gasteiger partial charge is 0.481 e. The van der Waals surface area contributed by atoms with Crippen molar-refractivity contribution >= 4 is 35.4 Å². The van der Waals surface area contributed by atoms with Gasteiger partial charge >= 0.3 is 5.97 Å². The summed E-state index contributed by atoms with van der Waals surface area (Å²) >= 11 is 3.00. The molecule has 1 saturated heterocycles. The fourth-order valence-electron chi connectivity index (χ4n) is 2.32. The lowest BCUT2D eigenvalue weighted by atomic mass is 10.2. The molecule has 120 valence electrons. The van der Waals surface area contributed by atoms with Gasteiger partial charge in [-0.05, 0) is 19.9 Å². The summed E-state index contributed by atoms with van der Waals surface area (Å²) in [6, 6.07) is 1.67. The third-order valence-corrected chi connectivity index (χ3v) is 5.17. The molecule has 1 aliphatic heterocycles. The van der Waals surface area contributed by atoms with Gasteiger partial charge in [0.2, 0.25) is 5.91 Å². The fraction of sp³-hybridized carbons (Fsp3) is 0.571. The maximum absolute atomic E-state index is 12.4. The van der Waals surface area contributed by atoms with Crippen LogP contribution < -0.4 is 0 Å². The first-order valence-corrected chi connectivity index (χ1v) is 9.14.